The number of amides is 1. The summed E-state index contributed by atoms with van der Waals surface area (Å²) >= 11 is 6.12. The number of aromatic nitrogens is 1. The lowest BCUT2D eigenvalue weighted by molar-refractivity contribution is -0.0588. The van der Waals surface area contributed by atoms with E-state index in [2.05, 4.69) is 0 Å². The molecule has 0 aliphatic carbocycles. The van der Waals surface area contributed by atoms with Crippen LogP contribution in [0.3, 0.4) is 0 Å². The molecule has 2 atom stereocenters. The quantitative estimate of drug-likeness (QED) is 0.692. The van der Waals surface area contributed by atoms with Crippen LogP contribution in [0.4, 0.5) is 0 Å². The molecule has 1 amide bonds. The average molecular weight is 373 g/mol. The highest BCUT2D eigenvalue weighted by molar-refractivity contribution is 6.30. The first kappa shape index (κ1) is 17.2. The number of ether oxygens (including phenoxy) is 1. The van der Waals surface area contributed by atoms with E-state index in [4.69, 9.17) is 20.8 Å². The maximum Gasteiger partial charge on any atom is 0.270 e. The summed E-state index contributed by atoms with van der Waals surface area (Å²) in [5.74, 6) is 0.000396. The van der Waals surface area contributed by atoms with Crippen LogP contribution in [0, 0.1) is 0 Å². The number of morpholine rings is 1. The monoisotopic (exact) mass is 372 g/mol. The molecule has 1 aliphatic heterocycles. The summed E-state index contributed by atoms with van der Waals surface area (Å²) in [5.41, 5.74) is 3.28. The molecule has 5 nitrogen and oxygen atoms in total. The van der Waals surface area contributed by atoms with Gasteiger partial charge in [-0.3, -0.25) is 4.79 Å². The van der Waals surface area contributed by atoms with Crippen molar-refractivity contribution in [1.82, 2.24) is 9.47 Å². The largest absolute Gasteiger partial charge is 0.463 e. The van der Waals surface area contributed by atoms with Crippen molar-refractivity contribution in [2.45, 2.75) is 32.6 Å². The fraction of sp³-hybridized carbons (Fsp3) is 0.350. The SMILES string of the molecule is CC1CN(C(=O)c2cc3occc3n2Cc2cccc(Cl)c2)CC(C)O1. The first-order valence-electron chi connectivity index (χ1n) is 8.77. The maximum absolute atomic E-state index is 13.2. The number of nitrogens with zero attached hydrogens (tertiary/aromatic N) is 2. The molecule has 136 valence electrons. The molecule has 1 aliphatic rings. The number of carbonyl (C=O) groups excluding carboxylic acids is 1. The molecular weight excluding hydrogens is 352 g/mol. The number of halogens is 1. The van der Waals surface area contributed by atoms with E-state index in [1.165, 1.54) is 0 Å². The van der Waals surface area contributed by atoms with Crippen LogP contribution in [0.5, 0.6) is 0 Å². The summed E-state index contributed by atoms with van der Waals surface area (Å²) in [6, 6.07) is 11.4. The van der Waals surface area contributed by atoms with Crippen LogP contribution in [-0.4, -0.2) is 40.7 Å². The third-order valence-electron chi connectivity index (χ3n) is 4.68. The second-order valence-corrected chi connectivity index (χ2v) is 7.32. The van der Waals surface area contributed by atoms with Crippen LogP contribution < -0.4 is 0 Å². The maximum atomic E-state index is 13.2. The van der Waals surface area contributed by atoms with Gasteiger partial charge in [0.05, 0.1) is 24.0 Å². The Morgan fingerprint density at radius 3 is 2.69 bits per heavy atom. The van der Waals surface area contributed by atoms with E-state index in [0.29, 0.717) is 35.9 Å². The van der Waals surface area contributed by atoms with Gasteiger partial charge in [0.25, 0.3) is 5.91 Å². The summed E-state index contributed by atoms with van der Waals surface area (Å²) in [6.07, 6.45) is 1.70. The van der Waals surface area contributed by atoms with Crippen molar-refractivity contribution in [2.24, 2.45) is 0 Å². The Balaban J connectivity index is 1.70. The molecule has 4 rings (SSSR count). The molecule has 3 aromatic rings. The van der Waals surface area contributed by atoms with Gasteiger partial charge in [0.2, 0.25) is 0 Å². The smallest absolute Gasteiger partial charge is 0.270 e. The molecule has 1 saturated heterocycles. The van der Waals surface area contributed by atoms with E-state index in [9.17, 15) is 4.79 Å². The summed E-state index contributed by atoms with van der Waals surface area (Å²) in [6.45, 7) is 5.72. The van der Waals surface area contributed by atoms with Gasteiger partial charge >= 0.3 is 0 Å². The van der Waals surface area contributed by atoms with Crippen molar-refractivity contribution in [3.8, 4) is 0 Å². The van der Waals surface area contributed by atoms with E-state index in [0.717, 1.165) is 11.1 Å². The number of rotatable bonds is 3. The predicted octanol–water partition coefficient (Wildman–Crippen LogP) is 4.19. The Hall–Kier alpha value is -2.24. The second kappa shape index (κ2) is 6.82. The van der Waals surface area contributed by atoms with Crippen molar-refractivity contribution < 1.29 is 13.9 Å². The highest BCUT2D eigenvalue weighted by Gasteiger charge is 2.29. The lowest BCUT2D eigenvalue weighted by Gasteiger charge is -2.35. The number of benzene rings is 1. The fourth-order valence-corrected chi connectivity index (χ4v) is 3.86. The molecule has 2 aromatic heterocycles. The summed E-state index contributed by atoms with van der Waals surface area (Å²) in [5, 5.41) is 0.682. The zero-order valence-electron chi connectivity index (χ0n) is 14.8. The first-order valence-corrected chi connectivity index (χ1v) is 9.15. The Labute approximate surface area is 157 Å². The molecule has 0 saturated carbocycles. The molecule has 0 N–H and O–H groups in total. The first-order chi connectivity index (χ1) is 12.5. The van der Waals surface area contributed by atoms with Crippen molar-refractivity contribution >= 4 is 28.6 Å². The van der Waals surface area contributed by atoms with E-state index in [-0.39, 0.29) is 18.1 Å². The zero-order chi connectivity index (χ0) is 18.3. The summed E-state index contributed by atoms with van der Waals surface area (Å²) < 4.78 is 13.3. The molecule has 0 radical (unpaired) electrons. The number of hydrogen-bond acceptors (Lipinski definition) is 3. The van der Waals surface area contributed by atoms with Gasteiger partial charge in [-0.05, 0) is 31.5 Å². The van der Waals surface area contributed by atoms with Crippen LogP contribution in [0.15, 0.2) is 47.1 Å². The van der Waals surface area contributed by atoms with Crippen LogP contribution in [0.25, 0.3) is 11.1 Å². The van der Waals surface area contributed by atoms with Gasteiger partial charge in [-0.25, -0.2) is 0 Å². The molecule has 6 heteroatoms. The van der Waals surface area contributed by atoms with Crippen LogP contribution >= 0.6 is 11.6 Å². The van der Waals surface area contributed by atoms with Crippen molar-refractivity contribution in [3.63, 3.8) is 0 Å². The normalized spacial score (nSPS) is 20.7. The topological polar surface area (TPSA) is 47.6 Å². The third-order valence-corrected chi connectivity index (χ3v) is 4.91. The van der Waals surface area contributed by atoms with Gasteiger partial charge in [-0.1, -0.05) is 23.7 Å². The molecule has 26 heavy (non-hydrogen) atoms. The highest BCUT2D eigenvalue weighted by atomic mass is 35.5. The molecule has 1 aromatic carbocycles. The molecule has 3 heterocycles. The molecule has 1 fully saturated rings. The molecule has 2 unspecified atom stereocenters. The Morgan fingerprint density at radius 2 is 1.96 bits per heavy atom. The van der Waals surface area contributed by atoms with Gasteiger partial charge in [0, 0.05) is 36.8 Å². The Morgan fingerprint density at radius 1 is 1.19 bits per heavy atom. The van der Waals surface area contributed by atoms with E-state index in [1.807, 2.05) is 59.7 Å². The Kier molecular flexibility index (Phi) is 4.51. The molecular formula is C20H21ClN2O3. The van der Waals surface area contributed by atoms with Gasteiger partial charge in [-0.2, -0.15) is 0 Å². The van der Waals surface area contributed by atoms with E-state index < -0.39 is 0 Å². The van der Waals surface area contributed by atoms with Gasteiger partial charge in [0.1, 0.15) is 5.69 Å². The molecule has 0 spiro atoms. The zero-order valence-corrected chi connectivity index (χ0v) is 15.6. The standard InChI is InChI=1S/C20H21ClN2O3/c1-13-10-22(11-14(2)26-13)20(24)18-9-19-17(6-7-25-19)23(18)12-15-4-3-5-16(21)8-15/h3-9,13-14H,10-12H2,1-2H3. The van der Waals surface area contributed by atoms with Crippen molar-refractivity contribution in [1.29, 1.82) is 0 Å². The average Bonchev–Trinajstić information content (AvgIpc) is 3.16. The minimum absolute atomic E-state index is 0.000396. The molecule has 0 bridgehead atoms. The predicted molar refractivity (Wildman–Crippen MR) is 101 cm³/mol. The minimum atomic E-state index is 0.000396. The van der Waals surface area contributed by atoms with Crippen LogP contribution in [0.2, 0.25) is 5.02 Å². The highest BCUT2D eigenvalue weighted by Crippen LogP contribution is 2.25. The number of hydrogen-bond donors (Lipinski definition) is 0. The fourth-order valence-electron chi connectivity index (χ4n) is 3.65. The third kappa shape index (κ3) is 3.24. The van der Waals surface area contributed by atoms with Crippen LogP contribution in [-0.2, 0) is 11.3 Å². The number of furan rings is 1. The van der Waals surface area contributed by atoms with Crippen molar-refractivity contribution in [2.75, 3.05) is 13.1 Å². The van der Waals surface area contributed by atoms with Crippen molar-refractivity contribution in [3.05, 3.63) is 58.9 Å². The van der Waals surface area contributed by atoms with Gasteiger partial charge < -0.3 is 18.6 Å². The number of fused-ring (bicyclic) bond motifs is 1. The van der Waals surface area contributed by atoms with Gasteiger partial charge in [0.15, 0.2) is 5.58 Å². The van der Waals surface area contributed by atoms with Gasteiger partial charge in [-0.15, -0.1) is 0 Å². The number of carbonyl (C=O) groups is 1. The summed E-state index contributed by atoms with van der Waals surface area (Å²) in [7, 11) is 0. The minimum Gasteiger partial charge on any atom is -0.463 e. The lowest BCUT2D eigenvalue weighted by Crippen LogP contribution is -2.48. The van der Waals surface area contributed by atoms with E-state index in [1.54, 1.807) is 6.26 Å². The lowest BCUT2D eigenvalue weighted by atomic mass is 10.2. The van der Waals surface area contributed by atoms with Crippen LogP contribution in [0.1, 0.15) is 29.9 Å². The second-order valence-electron chi connectivity index (χ2n) is 6.88. The Bertz CT molecular complexity index is 936. The van der Waals surface area contributed by atoms with E-state index >= 15 is 0 Å². The summed E-state index contributed by atoms with van der Waals surface area (Å²) in [4.78, 5) is 15.1.